The summed E-state index contributed by atoms with van der Waals surface area (Å²) in [4.78, 5) is 22.6. The van der Waals surface area contributed by atoms with Crippen LogP contribution in [0, 0.1) is 0 Å². The summed E-state index contributed by atoms with van der Waals surface area (Å²) in [5, 5.41) is 23.6. The van der Waals surface area contributed by atoms with Crippen LogP contribution in [0.3, 0.4) is 0 Å². The topological polar surface area (TPSA) is 140 Å². The van der Waals surface area contributed by atoms with Gasteiger partial charge in [-0.15, -0.1) is 5.10 Å². The minimum absolute atomic E-state index is 0.406. The molecule has 2 aromatic heterocycles. The van der Waals surface area contributed by atoms with Gasteiger partial charge in [-0.05, 0) is 39.8 Å². The lowest BCUT2D eigenvalue weighted by atomic mass is 10.0. The molecular weight excluding hydrogens is 476 g/mol. The van der Waals surface area contributed by atoms with Gasteiger partial charge in [0.05, 0.1) is 26.0 Å². The normalized spacial score (nSPS) is 13.6. The molecule has 0 aliphatic carbocycles. The van der Waals surface area contributed by atoms with E-state index < -0.39 is 5.97 Å². The lowest BCUT2D eigenvalue weighted by Crippen LogP contribution is -2.37. The zero-order valence-corrected chi connectivity index (χ0v) is 20.0. The number of hydrogen-bond acceptors (Lipinski definition) is 10. The Hall–Kier alpha value is -4.84. The summed E-state index contributed by atoms with van der Waals surface area (Å²) in [5.74, 6) is 0.776. The summed E-state index contributed by atoms with van der Waals surface area (Å²) in [6.45, 7) is 2.56. The smallest absolute Gasteiger partial charge is 0.328 e. The third-order valence-corrected chi connectivity index (χ3v) is 5.69. The summed E-state index contributed by atoms with van der Waals surface area (Å²) in [5.41, 5.74) is 3.89. The van der Waals surface area contributed by atoms with E-state index >= 15 is 0 Å². The first-order chi connectivity index (χ1) is 18.1. The number of nitrogens with zero attached hydrogens (tertiary/aromatic N) is 7. The van der Waals surface area contributed by atoms with Crippen molar-refractivity contribution in [2.45, 2.75) is 0 Å². The molecule has 5 rings (SSSR count). The van der Waals surface area contributed by atoms with Gasteiger partial charge in [0.25, 0.3) is 0 Å². The number of carbonyl (C=O) groups is 1. The molecule has 3 heterocycles. The van der Waals surface area contributed by atoms with Crippen LogP contribution in [0.1, 0.15) is 5.56 Å². The van der Waals surface area contributed by atoms with Crippen LogP contribution in [0.4, 0.5) is 17.5 Å². The summed E-state index contributed by atoms with van der Waals surface area (Å²) in [7, 11) is 1.59. The van der Waals surface area contributed by atoms with Crippen LogP contribution in [-0.2, 0) is 9.53 Å². The monoisotopic (exact) mass is 500 g/mol. The standard InChI is InChI=1S/C25H24N8O4/c1-36-21-13-19(12-20(14-21)33-16-27-30-31-33)28-25-26-15-22(24(29-25)32-7-9-37-10-8-32)18-4-2-3-17(11-18)5-6-23(34)35/h2-6,11-16H,7-10H2,1H3,(H,34,35)(H,26,28,29). The SMILES string of the molecule is COc1cc(Nc2ncc(-c3cccc(C=CC(=O)O)c3)c(N3CCOCC3)n2)cc(-n2cnnn2)c1. The van der Waals surface area contributed by atoms with Crippen molar-refractivity contribution in [1.29, 1.82) is 0 Å². The van der Waals surface area contributed by atoms with Crippen LogP contribution in [0.25, 0.3) is 22.9 Å². The van der Waals surface area contributed by atoms with Crippen LogP contribution in [0.5, 0.6) is 5.75 Å². The number of rotatable bonds is 8. The van der Waals surface area contributed by atoms with Gasteiger partial charge in [0.2, 0.25) is 5.95 Å². The van der Waals surface area contributed by atoms with E-state index in [1.807, 2.05) is 42.5 Å². The molecule has 0 amide bonds. The predicted octanol–water partition coefficient (Wildman–Crippen LogP) is 2.81. The molecule has 4 aromatic rings. The maximum atomic E-state index is 11.0. The molecule has 1 saturated heterocycles. The first kappa shape index (κ1) is 23.9. The second-order valence-corrected chi connectivity index (χ2v) is 8.13. The molecule has 1 fully saturated rings. The van der Waals surface area contributed by atoms with E-state index in [4.69, 9.17) is 19.6 Å². The van der Waals surface area contributed by atoms with Gasteiger partial charge in [-0.25, -0.2) is 14.5 Å². The van der Waals surface area contributed by atoms with Crippen molar-refractivity contribution in [3.05, 3.63) is 66.6 Å². The van der Waals surface area contributed by atoms with E-state index in [0.717, 1.165) is 28.6 Å². The van der Waals surface area contributed by atoms with E-state index in [1.165, 1.54) is 11.0 Å². The third-order valence-electron chi connectivity index (χ3n) is 5.69. The number of benzene rings is 2. The lowest BCUT2D eigenvalue weighted by molar-refractivity contribution is -0.131. The first-order valence-electron chi connectivity index (χ1n) is 11.5. The minimum atomic E-state index is -1.00. The number of morpholine rings is 1. The molecule has 0 atom stereocenters. The number of methoxy groups -OCH3 is 1. The first-order valence-corrected chi connectivity index (χ1v) is 11.5. The second kappa shape index (κ2) is 10.8. The Bertz CT molecular complexity index is 1420. The number of carboxylic acids is 1. The van der Waals surface area contributed by atoms with Crippen molar-refractivity contribution in [2.75, 3.05) is 43.6 Å². The number of aliphatic carboxylic acids is 1. The van der Waals surface area contributed by atoms with Crippen LogP contribution >= 0.6 is 0 Å². The molecule has 0 unspecified atom stereocenters. The minimum Gasteiger partial charge on any atom is -0.497 e. The second-order valence-electron chi connectivity index (χ2n) is 8.13. The molecule has 0 bridgehead atoms. The Morgan fingerprint density at radius 3 is 2.81 bits per heavy atom. The zero-order chi connectivity index (χ0) is 25.6. The van der Waals surface area contributed by atoms with Gasteiger partial charge in [0, 0.05) is 48.7 Å². The Kier molecular flexibility index (Phi) is 6.99. The van der Waals surface area contributed by atoms with E-state index in [9.17, 15) is 4.79 Å². The van der Waals surface area contributed by atoms with Crippen molar-refractivity contribution >= 4 is 29.5 Å². The highest BCUT2D eigenvalue weighted by atomic mass is 16.5. The van der Waals surface area contributed by atoms with E-state index in [1.54, 1.807) is 19.4 Å². The summed E-state index contributed by atoms with van der Waals surface area (Å²) < 4.78 is 12.5. The molecule has 12 nitrogen and oxygen atoms in total. The van der Waals surface area contributed by atoms with Gasteiger partial charge < -0.3 is 24.8 Å². The molecule has 12 heteroatoms. The molecule has 0 spiro atoms. The quantitative estimate of drug-likeness (QED) is 0.345. The Morgan fingerprint density at radius 1 is 1.19 bits per heavy atom. The summed E-state index contributed by atoms with van der Waals surface area (Å²) in [6.07, 6.45) is 5.94. The number of hydrogen-bond donors (Lipinski definition) is 2. The van der Waals surface area contributed by atoms with Crippen molar-refractivity contribution in [3.63, 3.8) is 0 Å². The van der Waals surface area contributed by atoms with Crippen molar-refractivity contribution in [1.82, 2.24) is 30.2 Å². The fourth-order valence-corrected chi connectivity index (χ4v) is 3.94. The van der Waals surface area contributed by atoms with Crippen molar-refractivity contribution < 1.29 is 19.4 Å². The molecule has 1 aliphatic heterocycles. The van der Waals surface area contributed by atoms with Crippen LogP contribution in [0.15, 0.2) is 61.1 Å². The average molecular weight is 501 g/mol. The Labute approximate surface area is 212 Å². The van der Waals surface area contributed by atoms with E-state index in [0.29, 0.717) is 49.4 Å². The highest BCUT2D eigenvalue weighted by molar-refractivity contribution is 5.86. The fraction of sp³-hybridized carbons (Fsp3) is 0.200. The fourth-order valence-electron chi connectivity index (χ4n) is 3.94. The maximum absolute atomic E-state index is 11.0. The van der Waals surface area contributed by atoms with Crippen molar-refractivity contribution in [3.8, 4) is 22.6 Å². The predicted molar refractivity (Wildman–Crippen MR) is 136 cm³/mol. The van der Waals surface area contributed by atoms with E-state index in [2.05, 4.69) is 30.7 Å². The van der Waals surface area contributed by atoms with Gasteiger partial charge in [-0.1, -0.05) is 18.2 Å². The number of aromatic nitrogens is 6. The molecular formula is C25H24N8O4. The highest BCUT2D eigenvalue weighted by Crippen LogP contribution is 2.32. The molecule has 2 N–H and O–H groups in total. The van der Waals surface area contributed by atoms with Crippen LogP contribution < -0.4 is 15.0 Å². The molecule has 0 saturated carbocycles. The van der Waals surface area contributed by atoms with Crippen LogP contribution in [-0.4, -0.2) is 74.7 Å². The Morgan fingerprint density at radius 2 is 2.05 bits per heavy atom. The molecule has 1 aliphatic rings. The van der Waals surface area contributed by atoms with Crippen molar-refractivity contribution in [2.24, 2.45) is 0 Å². The average Bonchev–Trinajstić information content (AvgIpc) is 3.48. The summed E-state index contributed by atoms with van der Waals surface area (Å²) >= 11 is 0. The van der Waals surface area contributed by atoms with Gasteiger partial charge in [0.15, 0.2) is 0 Å². The lowest BCUT2D eigenvalue weighted by Gasteiger charge is -2.29. The number of carboxylic acid groups (broad SMARTS) is 1. The van der Waals surface area contributed by atoms with Gasteiger partial charge in [-0.3, -0.25) is 0 Å². The molecule has 0 radical (unpaired) electrons. The van der Waals surface area contributed by atoms with Gasteiger partial charge in [0.1, 0.15) is 17.9 Å². The molecule has 2 aromatic carbocycles. The number of ether oxygens (including phenoxy) is 2. The van der Waals surface area contributed by atoms with Gasteiger partial charge in [-0.2, -0.15) is 4.98 Å². The zero-order valence-electron chi connectivity index (χ0n) is 20.0. The number of anilines is 3. The maximum Gasteiger partial charge on any atom is 0.328 e. The van der Waals surface area contributed by atoms with E-state index in [-0.39, 0.29) is 0 Å². The molecule has 37 heavy (non-hydrogen) atoms. The summed E-state index contributed by atoms with van der Waals surface area (Å²) in [6, 6.07) is 13.1. The number of nitrogens with one attached hydrogen (secondary N) is 1. The van der Waals surface area contributed by atoms with Gasteiger partial charge >= 0.3 is 5.97 Å². The van der Waals surface area contributed by atoms with Crippen LogP contribution in [0.2, 0.25) is 0 Å². The number of tetrazole rings is 1. The largest absolute Gasteiger partial charge is 0.497 e. The Balaban J connectivity index is 1.51. The third kappa shape index (κ3) is 5.70. The highest BCUT2D eigenvalue weighted by Gasteiger charge is 2.19. The molecule has 188 valence electrons.